The van der Waals surface area contributed by atoms with Gasteiger partial charge < -0.3 is 10.2 Å². The molecule has 0 aliphatic heterocycles. The summed E-state index contributed by atoms with van der Waals surface area (Å²) in [6, 6.07) is 14.8. The van der Waals surface area contributed by atoms with Crippen molar-refractivity contribution in [3.05, 3.63) is 59.4 Å². The lowest BCUT2D eigenvalue weighted by atomic mass is 10.1. The summed E-state index contributed by atoms with van der Waals surface area (Å²) in [5.41, 5.74) is 4.80. The van der Waals surface area contributed by atoms with E-state index in [1.54, 1.807) is 0 Å². The fraction of sp³-hybridized carbons (Fsp3) is 0.353. The van der Waals surface area contributed by atoms with E-state index in [0.717, 1.165) is 31.0 Å². The molecule has 106 valence electrons. The third kappa shape index (κ3) is 3.58. The first kappa shape index (κ1) is 14.5. The molecule has 0 atom stereocenters. The van der Waals surface area contributed by atoms with Crippen LogP contribution in [0, 0.1) is 6.92 Å². The molecule has 2 rings (SSSR count). The fourth-order valence-corrected chi connectivity index (χ4v) is 2.41. The lowest BCUT2D eigenvalue weighted by molar-refractivity contribution is 0.773. The van der Waals surface area contributed by atoms with E-state index in [2.05, 4.69) is 58.5 Å². The molecule has 0 aliphatic carbocycles. The van der Waals surface area contributed by atoms with Crippen molar-refractivity contribution in [1.29, 1.82) is 0 Å². The van der Waals surface area contributed by atoms with Gasteiger partial charge in [0, 0.05) is 24.5 Å². The third-order valence-corrected chi connectivity index (χ3v) is 3.38. The second-order valence-corrected chi connectivity index (χ2v) is 4.94. The number of nitrogens with one attached hydrogen (secondary N) is 1. The number of rotatable bonds is 6. The Morgan fingerprint density at radius 2 is 1.90 bits per heavy atom. The maximum Gasteiger partial charge on any atom is 0.0602 e. The van der Waals surface area contributed by atoms with Gasteiger partial charge in [-0.25, -0.2) is 0 Å². The minimum absolute atomic E-state index is 0.846. The smallest absolute Gasteiger partial charge is 0.0602 e. The van der Waals surface area contributed by atoms with Crippen LogP contribution in [0.25, 0.3) is 0 Å². The molecule has 1 N–H and O–H groups in total. The zero-order valence-electron chi connectivity index (χ0n) is 12.6. The largest absolute Gasteiger partial charge is 0.366 e. The van der Waals surface area contributed by atoms with E-state index in [4.69, 9.17) is 0 Å². The second kappa shape index (κ2) is 7.06. The summed E-state index contributed by atoms with van der Waals surface area (Å²) in [5.74, 6) is 0. The van der Waals surface area contributed by atoms with Crippen LogP contribution in [-0.4, -0.2) is 18.6 Å². The van der Waals surface area contributed by atoms with Crippen LogP contribution in [0.3, 0.4) is 0 Å². The molecule has 0 radical (unpaired) electrons. The first-order valence-corrected chi connectivity index (χ1v) is 7.14. The normalized spacial score (nSPS) is 10.6. The van der Waals surface area contributed by atoms with E-state index in [1.807, 2.05) is 20.0 Å². The topological polar surface area (TPSA) is 28.2 Å². The molecule has 3 nitrogen and oxygen atoms in total. The summed E-state index contributed by atoms with van der Waals surface area (Å²) in [6.45, 7) is 6.92. The van der Waals surface area contributed by atoms with Crippen LogP contribution in [0.15, 0.2) is 42.5 Å². The van der Waals surface area contributed by atoms with Crippen LogP contribution in [0.2, 0.25) is 0 Å². The first-order valence-electron chi connectivity index (χ1n) is 7.14. The highest BCUT2D eigenvalue weighted by molar-refractivity contribution is 5.53. The third-order valence-electron chi connectivity index (χ3n) is 3.38. The van der Waals surface area contributed by atoms with Gasteiger partial charge in [-0.05, 0) is 44.7 Å². The predicted molar refractivity (Wildman–Crippen MR) is 84.9 cm³/mol. The van der Waals surface area contributed by atoms with Crippen LogP contribution in [-0.2, 0) is 13.1 Å². The average molecular weight is 269 g/mol. The van der Waals surface area contributed by atoms with E-state index in [1.165, 1.54) is 11.3 Å². The van der Waals surface area contributed by atoms with Crippen LogP contribution < -0.4 is 10.2 Å². The number of nitrogens with zero attached hydrogens (tertiary/aromatic N) is 2. The summed E-state index contributed by atoms with van der Waals surface area (Å²) >= 11 is 0. The highest BCUT2D eigenvalue weighted by Crippen LogP contribution is 2.21. The van der Waals surface area contributed by atoms with E-state index in [9.17, 15) is 0 Å². The van der Waals surface area contributed by atoms with Crippen LogP contribution >= 0.6 is 0 Å². The van der Waals surface area contributed by atoms with Gasteiger partial charge in [-0.15, -0.1) is 0 Å². The molecule has 0 unspecified atom stereocenters. The van der Waals surface area contributed by atoms with Crippen LogP contribution in [0.1, 0.15) is 23.9 Å². The molecule has 1 aromatic heterocycles. The van der Waals surface area contributed by atoms with E-state index >= 15 is 0 Å². The van der Waals surface area contributed by atoms with Crippen LogP contribution in [0.4, 0.5) is 5.69 Å². The molecule has 0 aliphatic rings. The Labute approximate surface area is 121 Å². The van der Waals surface area contributed by atoms with Gasteiger partial charge in [-0.2, -0.15) is 0 Å². The van der Waals surface area contributed by atoms with Crippen molar-refractivity contribution in [2.75, 3.05) is 18.5 Å². The molecule has 20 heavy (non-hydrogen) atoms. The Morgan fingerprint density at radius 1 is 1.10 bits per heavy atom. The summed E-state index contributed by atoms with van der Waals surface area (Å²) in [6.07, 6.45) is 0. The van der Waals surface area contributed by atoms with Crippen molar-refractivity contribution in [2.24, 2.45) is 0 Å². The van der Waals surface area contributed by atoms with Crippen molar-refractivity contribution in [2.45, 2.75) is 26.9 Å². The van der Waals surface area contributed by atoms with Crippen molar-refractivity contribution < 1.29 is 0 Å². The minimum Gasteiger partial charge on any atom is -0.366 e. The predicted octanol–water partition coefficient (Wildman–Crippen LogP) is 3.14. The maximum atomic E-state index is 4.60. The van der Waals surface area contributed by atoms with Gasteiger partial charge in [0.15, 0.2) is 0 Å². The Kier molecular flexibility index (Phi) is 5.13. The van der Waals surface area contributed by atoms with Crippen molar-refractivity contribution in [3.63, 3.8) is 0 Å². The number of aromatic nitrogens is 1. The molecule has 0 bridgehead atoms. The van der Waals surface area contributed by atoms with Crippen molar-refractivity contribution >= 4 is 5.69 Å². The molecule has 0 saturated carbocycles. The number of hydrogen-bond acceptors (Lipinski definition) is 3. The summed E-state index contributed by atoms with van der Waals surface area (Å²) in [7, 11) is 1.98. The highest BCUT2D eigenvalue weighted by Gasteiger charge is 2.10. The number of hydrogen-bond donors (Lipinski definition) is 1. The van der Waals surface area contributed by atoms with Gasteiger partial charge in [0.05, 0.1) is 12.2 Å². The molecule has 1 heterocycles. The number of benzene rings is 1. The molecule has 3 heteroatoms. The molecule has 0 saturated heterocycles. The number of aryl methyl sites for hydroxylation is 1. The number of para-hydroxylation sites is 1. The molecule has 0 amide bonds. The first-order chi connectivity index (χ1) is 9.74. The van der Waals surface area contributed by atoms with E-state index < -0.39 is 0 Å². The van der Waals surface area contributed by atoms with Crippen LogP contribution in [0.5, 0.6) is 0 Å². The molecule has 1 aromatic carbocycles. The van der Waals surface area contributed by atoms with Gasteiger partial charge >= 0.3 is 0 Å². The molecular weight excluding hydrogens is 246 g/mol. The Morgan fingerprint density at radius 3 is 2.60 bits per heavy atom. The van der Waals surface area contributed by atoms with Gasteiger partial charge in [-0.1, -0.05) is 24.3 Å². The molecule has 0 spiro atoms. The van der Waals surface area contributed by atoms with Gasteiger partial charge in [-0.3, -0.25) is 4.98 Å². The standard InChI is InChI=1S/C17H23N3/c1-4-20(13-16-10-7-8-14(2)19-16)17-11-6-5-9-15(17)12-18-3/h5-11,18H,4,12-13H2,1-3H3. The van der Waals surface area contributed by atoms with Gasteiger partial charge in [0.25, 0.3) is 0 Å². The van der Waals surface area contributed by atoms with Crippen molar-refractivity contribution in [1.82, 2.24) is 10.3 Å². The summed E-state index contributed by atoms with van der Waals surface area (Å²) < 4.78 is 0. The fourth-order valence-electron chi connectivity index (χ4n) is 2.41. The molecular formula is C17H23N3. The molecule has 0 fully saturated rings. The average Bonchev–Trinajstić information content (AvgIpc) is 2.46. The quantitative estimate of drug-likeness (QED) is 0.873. The molecule has 2 aromatic rings. The summed E-state index contributed by atoms with van der Waals surface area (Å²) in [5, 5.41) is 3.23. The second-order valence-electron chi connectivity index (χ2n) is 4.94. The Bertz CT molecular complexity index is 551. The Balaban J connectivity index is 2.24. The zero-order valence-corrected chi connectivity index (χ0v) is 12.6. The number of pyridine rings is 1. The monoisotopic (exact) mass is 269 g/mol. The van der Waals surface area contributed by atoms with Gasteiger partial charge in [0.2, 0.25) is 0 Å². The zero-order chi connectivity index (χ0) is 14.4. The number of anilines is 1. The Hall–Kier alpha value is -1.87. The lowest BCUT2D eigenvalue weighted by Crippen LogP contribution is -2.24. The highest BCUT2D eigenvalue weighted by atomic mass is 15.1. The SMILES string of the molecule is CCN(Cc1cccc(C)n1)c1ccccc1CNC. The van der Waals surface area contributed by atoms with Crippen molar-refractivity contribution in [3.8, 4) is 0 Å². The summed E-state index contributed by atoms with van der Waals surface area (Å²) in [4.78, 5) is 6.97. The lowest BCUT2D eigenvalue weighted by Gasteiger charge is -2.25. The van der Waals surface area contributed by atoms with Gasteiger partial charge in [0.1, 0.15) is 0 Å². The van der Waals surface area contributed by atoms with E-state index in [-0.39, 0.29) is 0 Å². The maximum absolute atomic E-state index is 4.60. The minimum atomic E-state index is 0.846. The van der Waals surface area contributed by atoms with E-state index in [0.29, 0.717) is 0 Å².